The van der Waals surface area contributed by atoms with Crippen LogP contribution < -0.4 is 5.73 Å². The number of nitrogens with two attached hydrogens (primary N) is 1. The Morgan fingerprint density at radius 1 is 1.21 bits per heavy atom. The van der Waals surface area contributed by atoms with Crippen LogP contribution in [0.1, 0.15) is 16.1 Å². The van der Waals surface area contributed by atoms with Crippen LogP contribution in [-0.2, 0) is 0 Å². The van der Waals surface area contributed by atoms with Crippen molar-refractivity contribution in [2.24, 2.45) is 5.73 Å². The number of rotatable bonds is 4. The number of amides is 1. The van der Waals surface area contributed by atoms with Crippen molar-refractivity contribution in [3.05, 3.63) is 70.1 Å². The molecule has 0 atom stereocenters. The van der Waals surface area contributed by atoms with Gasteiger partial charge in [-0.15, -0.1) is 0 Å². The van der Waals surface area contributed by atoms with Gasteiger partial charge in [-0.3, -0.25) is 14.9 Å². The zero-order valence-electron chi connectivity index (χ0n) is 12.7. The first-order chi connectivity index (χ1) is 11.5. The van der Waals surface area contributed by atoms with E-state index in [0.29, 0.717) is 5.56 Å². The van der Waals surface area contributed by atoms with Gasteiger partial charge in [0.25, 0.3) is 5.91 Å². The second-order valence-corrected chi connectivity index (χ2v) is 5.11. The Morgan fingerprint density at radius 2 is 1.92 bits per heavy atom. The van der Waals surface area contributed by atoms with Gasteiger partial charge in [0.15, 0.2) is 0 Å². The van der Waals surface area contributed by atoms with E-state index >= 15 is 0 Å². The first-order valence-electron chi connectivity index (χ1n) is 7.08. The van der Waals surface area contributed by atoms with Crippen LogP contribution in [0, 0.1) is 17.0 Å². The molecule has 120 valence electrons. The molecule has 7 nitrogen and oxygen atoms in total. The van der Waals surface area contributed by atoms with Crippen molar-refractivity contribution >= 4 is 11.6 Å². The Labute approximate surface area is 136 Å². The van der Waals surface area contributed by atoms with Crippen molar-refractivity contribution in [2.75, 3.05) is 0 Å². The number of pyridine rings is 1. The summed E-state index contributed by atoms with van der Waals surface area (Å²) in [7, 11) is 0. The molecule has 7 heteroatoms. The standard InChI is InChI=1S/C17H13N3O4/c1-10-16(20(22)23)13(12-8-5-9-24-12)14(17(18)21)15(19-10)11-6-3-2-4-7-11/h2-9H,1H3,(H2,18,21). The van der Waals surface area contributed by atoms with E-state index in [2.05, 4.69) is 4.98 Å². The smallest absolute Gasteiger partial charge is 0.302 e. The SMILES string of the molecule is Cc1nc(-c2ccccc2)c(C(N)=O)c(-c2ccco2)c1[N+](=O)[O-]. The van der Waals surface area contributed by atoms with Gasteiger partial charge in [0, 0.05) is 5.56 Å². The number of furan rings is 1. The van der Waals surface area contributed by atoms with E-state index in [1.54, 1.807) is 36.4 Å². The zero-order chi connectivity index (χ0) is 17.3. The fourth-order valence-corrected chi connectivity index (χ4v) is 2.62. The summed E-state index contributed by atoms with van der Waals surface area (Å²) >= 11 is 0. The van der Waals surface area contributed by atoms with Crippen molar-refractivity contribution in [1.82, 2.24) is 4.98 Å². The number of carbonyl (C=O) groups excluding carboxylic acids is 1. The van der Waals surface area contributed by atoms with Gasteiger partial charge in [0.2, 0.25) is 0 Å². The average Bonchev–Trinajstić information content (AvgIpc) is 3.08. The molecule has 0 spiro atoms. The van der Waals surface area contributed by atoms with Gasteiger partial charge in [-0.25, -0.2) is 4.98 Å². The fraction of sp³-hybridized carbons (Fsp3) is 0.0588. The Bertz CT molecular complexity index is 919. The zero-order valence-corrected chi connectivity index (χ0v) is 12.7. The van der Waals surface area contributed by atoms with Gasteiger partial charge in [0.05, 0.1) is 22.4 Å². The summed E-state index contributed by atoms with van der Waals surface area (Å²) in [5.41, 5.74) is 6.35. The highest BCUT2D eigenvalue weighted by atomic mass is 16.6. The number of benzene rings is 1. The van der Waals surface area contributed by atoms with Crippen LogP contribution in [0.5, 0.6) is 0 Å². The maximum Gasteiger partial charge on any atom is 0.302 e. The number of aromatic nitrogens is 1. The number of hydrogen-bond donors (Lipinski definition) is 1. The van der Waals surface area contributed by atoms with E-state index in [4.69, 9.17) is 10.2 Å². The monoisotopic (exact) mass is 323 g/mol. The third-order valence-electron chi connectivity index (χ3n) is 3.59. The van der Waals surface area contributed by atoms with E-state index in [-0.39, 0.29) is 34.0 Å². The topological polar surface area (TPSA) is 112 Å². The second kappa shape index (κ2) is 5.96. The molecule has 1 aromatic carbocycles. The van der Waals surface area contributed by atoms with Crippen molar-refractivity contribution in [1.29, 1.82) is 0 Å². The van der Waals surface area contributed by atoms with Crippen molar-refractivity contribution in [3.8, 4) is 22.6 Å². The highest BCUT2D eigenvalue weighted by Gasteiger charge is 2.31. The highest BCUT2D eigenvalue weighted by Crippen LogP contribution is 2.39. The normalized spacial score (nSPS) is 10.5. The van der Waals surface area contributed by atoms with E-state index in [1.807, 2.05) is 6.07 Å². The molecule has 24 heavy (non-hydrogen) atoms. The lowest BCUT2D eigenvalue weighted by Gasteiger charge is -2.13. The Morgan fingerprint density at radius 3 is 2.46 bits per heavy atom. The molecule has 3 aromatic rings. The first-order valence-corrected chi connectivity index (χ1v) is 7.08. The van der Waals surface area contributed by atoms with Crippen LogP contribution in [-0.4, -0.2) is 15.8 Å². The third-order valence-corrected chi connectivity index (χ3v) is 3.59. The number of aryl methyl sites for hydroxylation is 1. The molecule has 1 amide bonds. The molecule has 0 fully saturated rings. The van der Waals surface area contributed by atoms with Gasteiger partial charge >= 0.3 is 5.69 Å². The summed E-state index contributed by atoms with van der Waals surface area (Å²) in [6.45, 7) is 1.52. The minimum atomic E-state index is -0.809. The summed E-state index contributed by atoms with van der Waals surface area (Å²) in [6, 6.07) is 12.0. The molecule has 2 N–H and O–H groups in total. The Balaban J connectivity index is 2.46. The maximum atomic E-state index is 12.1. The molecule has 0 saturated heterocycles. The molecule has 3 rings (SSSR count). The molecule has 2 heterocycles. The third kappa shape index (κ3) is 2.52. The largest absolute Gasteiger partial charge is 0.464 e. The second-order valence-electron chi connectivity index (χ2n) is 5.11. The van der Waals surface area contributed by atoms with E-state index in [0.717, 1.165) is 0 Å². The summed E-state index contributed by atoms with van der Waals surface area (Å²) in [5.74, 6) is -0.617. The molecule has 0 aliphatic heterocycles. The van der Waals surface area contributed by atoms with Gasteiger partial charge < -0.3 is 10.2 Å². The number of nitrogens with zero attached hydrogens (tertiary/aromatic N) is 2. The molecular weight excluding hydrogens is 310 g/mol. The molecule has 0 bridgehead atoms. The van der Waals surface area contributed by atoms with E-state index in [1.165, 1.54) is 13.2 Å². The lowest BCUT2D eigenvalue weighted by molar-refractivity contribution is -0.385. The van der Waals surface area contributed by atoms with Crippen LogP contribution in [0.15, 0.2) is 53.1 Å². The molecule has 0 aliphatic rings. The average molecular weight is 323 g/mol. The van der Waals surface area contributed by atoms with E-state index < -0.39 is 10.8 Å². The predicted molar refractivity (Wildman–Crippen MR) is 87.3 cm³/mol. The van der Waals surface area contributed by atoms with Crippen LogP contribution >= 0.6 is 0 Å². The quantitative estimate of drug-likeness (QED) is 0.584. The van der Waals surface area contributed by atoms with Crippen LogP contribution in [0.4, 0.5) is 5.69 Å². The van der Waals surface area contributed by atoms with Crippen molar-refractivity contribution in [3.63, 3.8) is 0 Å². The summed E-state index contributed by atoms with van der Waals surface area (Å²) in [6.07, 6.45) is 1.38. The molecule has 2 aromatic heterocycles. The number of hydrogen-bond acceptors (Lipinski definition) is 5. The minimum absolute atomic E-state index is 0.0338. The molecule has 0 aliphatic carbocycles. The van der Waals surface area contributed by atoms with Gasteiger partial charge in [-0.2, -0.15) is 0 Å². The molecule has 0 unspecified atom stereocenters. The highest BCUT2D eigenvalue weighted by molar-refractivity contribution is 6.06. The number of nitro groups is 1. The summed E-state index contributed by atoms with van der Waals surface area (Å²) < 4.78 is 5.31. The summed E-state index contributed by atoms with van der Waals surface area (Å²) in [5, 5.41) is 11.5. The Hall–Kier alpha value is -3.48. The lowest BCUT2D eigenvalue weighted by Crippen LogP contribution is -2.17. The van der Waals surface area contributed by atoms with Crippen LogP contribution in [0.2, 0.25) is 0 Å². The molecule has 0 saturated carbocycles. The maximum absolute atomic E-state index is 12.1. The van der Waals surface area contributed by atoms with Crippen molar-refractivity contribution in [2.45, 2.75) is 6.92 Å². The first kappa shape index (κ1) is 15.4. The predicted octanol–water partition coefficient (Wildman–Crippen LogP) is 3.32. The molecule has 0 radical (unpaired) electrons. The fourth-order valence-electron chi connectivity index (χ4n) is 2.62. The van der Waals surface area contributed by atoms with Crippen LogP contribution in [0.3, 0.4) is 0 Å². The number of primary amides is 1. The van der Waals surface area contributed by atoms with E-state index in [9.17, 15) is 14.9 Å². The number of carbonyl (C=O) groups is 1. The van der Waals surface area contributed by atoms with Crippen LogP contribution in [0.25, 0.3) is 22.6 Å². The lowest BCUT2D eigenvalue weighted by atomic mass is 9.96. The van der Waals surface area contributed by atoms with Gasteiger partial charge in [-0.05, 0) is 19.1 Å². The summed E-state index contributed by atoms with van der Waals surface area (Å²) in [4.78, 5) is 27.3. The van der Waals surface area contributed by atoms with Gasteiger partial charge in [-0.1, -0.05) is 30.3 Å². The Kier molecular flexibility index (Phi) is 3.83. The molecular formula is C17H13N3O4. The minimum Gasteiger partial charge on any atom is -0.464 e. The van der Waals surface area contributed by atoms with Gasteiger partial charge in [0.1, 0.15) is 17.0 Å². The van der Waals surface area contributed by atoms with Crippen molar-refractivity contribution < 1.29 is 14.1 Å².